The van der Waals surface area contributed by atoms with Crippen molar-refractivity contribution in [1.82, 2.24) is 4.90 Å². The summed E-state index contributed by atoms with van der Waals surface area (Å²) in [6, 6.07) is 9.71. The van der Waals surface area contributed by atoms with Gasteiger partial charge in [-0.15, -0.1) is 6.42 Å². The Labute approximate surface area is 145 Å². The predicted octanol–water partition coefficient (Wildman–Crippen LogP) is 2.55. The SMILES string of the molecule is C#Cc1cccc(NC(=O)CN(C)CC(O)c2cc(F)ccc2F)c1. The molecule has 2 rings (SSSR count). The zero-order valence-electron chi connectivity index (χ0n) is 13.7. The molecule has 0 saturated heterocycles. The summed E-state index contributed by atoms with van der Waals surface area (Å²) < 4.78 is 26.8. The Morgan fingerprint density at radius 2 is 2.08 bits per heavy atom. The fourth-order valence-electron chi connectivity index (χ4n) is 2.36. The highest BCUT2D eigenvalue weighted by atomic mass is 19.1. The largest absolute Gasteiger partial charge is 0.387 e. The number of hydrogen-bond donors (Lipinski definition) is 2. The van der Waals surface area contributed by atoms with Crippen LogP contribution in [0.1, 0.15) is 17.2 Å². The maximum atomic E-state index is 13.7. The van der Waals surface area contributed by atoms with Crippen molar-refractivity contribution in [3.8, 4) is 12.3 Å². The standard InChI is InChI=1S/C19H18F2N2O2/c1-3-13-5-4-6-15(9-13)22-19(25)12-23(2)11-18(24)16-10-14(20)7-8-17(16)21/h1,4-10,18,24H,11-12H2,2H3,(H,22,25). The van der Waals surface area contributed by atoms with Crippen LogP contribution in [0, 0.1) is 24.0 Å². The van der Waals surface area contributed by atoms with Gasteiger partial charge in [-0.3, -0.25) is 9.69 Å². The van der Waals surface area contributed by atoms with E-state index in [0.717, 1.165) is 18.2 Å². The monoisotopic (exact) mass is 344 g/mol. The first-order chi connectivity index (χ1) is 11.9. The number of nitrogens with zero attached hydrogens (tertiary/aromatic N) is 1. The Kier molecular flexibility index (Phi) is 6.23. The third-order valence-corrected chi connectivity index (χ3v) is 3.53. The lowest BCUT2D eigenvalue weighted by Gasteiger charge is -2.20. The Morgan fingerprint density at radius 3 is 2.80 bits per heavy atom. The number of aliphatic hydroxyl groups excluding tert-OH is 1. The first-order valence-electron chi connectivity index (χ1n) is 7.57. The minimum atomic E-state index is -1.25. The first-order valence-corrected chi connectivity index (χ1v) is 7.57. The fraction of sp³-hybridized carbons (Fsp3) is 0.211. The number of hydrogen-bond acceptors (Lipinski definition) is 3. The van der Waals surface area contributed by atoms with E-state index in [9.17, 15) is 18.7 Å². The van der Waals surface area contributed by atoms with Crippen LogP contribution < -0.4 is 5.32 Å². The summed E-state index contributed by atoms with van der Waals surface area (Å²) in [7, 11) is 1.60. The number of amides is 1. The minimum absolute atomic E-state index is 0.0296. The van der Waals surface area contributed by atoms with E-state index in [1.807, 2.05) is 0 Å². The number of benzene rings is 2. The molecule has 1 amide bonds. The molecule has 0 radical (unpaired) electrons. The molecule has 1 atom stereocenters. The first kappa shape index (κ1) is 18.6. The molecule has 130 valence electrons. The van der Waals surface area contributed by atoms with Crippen LogP contribution in [0.5, 0.6) is 0 Å². The molecule has 1 unspecified atom stereocenters. The fourth-order valence-corrected chi connectivity index (χ4v) is 2.36. The van der Waals surface area contributed by atoms with Crippen molar-refractivity contribution in [2.75, 3.05) is 25.5 Å². The van der Waals surface area contributed by atoms with Crippen LogP contribution >= 0.6 is 0 Å². The molecule has 2 aromatic carbocycles. The normalized spacial score (nSPS) is 11.8. The van der Waals surface area contributed by atoms with Crippen molar-refractivity contribution in [3.05, 3.63) is 65.2 Å². The Hall–Kier alpha value is -2.75. The van der Waals surface area contributed by atoms with Gasteiger partial charge in [-0.1, -0.05) is 12.0 Å². The van der Waals surface area contributed by atoms with Gasteiger partial charge in [0.25, 0.3) is 0 Å². The molecule has 2 N–H and O–H groups in total. The molecular weight excluding hydrogens is 326 g/mol. The second-order valence-corrected chi connectivity index (χ2v) is 5.65. The van der Waals surface area contributed by atoms with Crippen molar-refractivity contribution in [3.63, 3.8) is 0 Å². The lowest BCUT2D eigenvalue weighted by atomic mass is 10.1. The topological polar surface area (TPSA) is 52.6 Å². The van der Waals surface area contributed by atoms with E-state index in [1.165, 1.54) is 4.90 Å². The summed E-state index contributed by atoms with van der Waals surface area (Å²) in [6.07, 6.45) is 4.06. The summed E-state index contributed by atoms with van der Waals surface area (Å²) in [6.45, 7) is -0.0630. The van der Waals surface area contributed by atoms with Crippen LogP contribution in [0.2, 0.25) is 0 Å². The van der Waals surface area contributed by atoms with E-state index in [4.69, 9.17) is 6.42 Å². The predicted molar refractivity (Wildman–Crippen MR) is 91.8 cm³/mol. The van der Waals surface area contributed by atoms with E-state index >= 15 is 0 Å². The lowest BCUT2D eigenvalue weighted by molar-refractivity contribution is -0.117. The van der Waals surface area contributed by atoms with E-state index in [1.54, 1.807) is 31.3 Å². The Morgan fingerprint density at radius 1 is 1.32 bits per heavy atom. The number of likely N-dealkylation sites (N-methyl/N-ethyl adjacent to an activating group) is 1. The van der Waals surface area contributed by atoms with Crippen LogP contribution in [0.25, 0.3) is 0 Å². The maximum Gasteiger partial charge on any atom is 0.238 e. The third-order valence-electron chi connectivity index (χ3n) is 3.53. The molecule has 0 saturated carbocycles. The van der Waals surface area contributed by atoms with E-state index in [0.29, 0.717) is 11.3 Å². The molecule has 0 aliphatic rings. The van der Waals surface area contributed by atoms with Crippen LogP contribution in [-0.2, 0) is 4.79 Å². The number of carbonyl (C=O) groups is 1. The van der Waals surface area contributed by atoms with Gasteiger partial charge in [0.1, 0.15) is 11.6 Å². The summed E-state index contributed by atoms with van der Waals surface area (Å²) in [4.78, 5) is 13.6. The molecule has 0 fully saturated rings. The summed E-state index contributed by atoms with van der Waals surface area (Å²) in [5.41, 5.74) is 1.06. The van der Waals surface area contributed by atoms with Gasteiger partial charge in [-0.25, -0.2) is 8.78 Å². The molecular formula is C19H18F2N2O2. The van der Waals surface area contributed by atoms with E-state index in [2.05, 4.69) is 11.2 Å². The van der Waals surface area contributed by atoms with Crippen molar-refractivity contribution >= 4 is 11.6 Å². The third kappa shape index (κ3) is 5.38. The van der Waals surface area contributed by atoms with Gasteiger partial charge in [0.2, 0.25) is 5.91 Å². The van der Waals surface area contributed by atoms with Crippen molar-refractivity contribution in [2.24, 2.45) is 0 Å². The molecule has 0 aliphatic heterocycles. The lowest BCUT2D eigenvalue weighted by Crippen LogP contribution is -2.33. The quantitative estimate of drug-likeness (QED) is 0.792. The maximum absolute atomic E-state index is 13.7. The number of carbonyl (C=O) groups excluding carboxylic acids is 1. The van der Waals surface area contributed by atoms with Crippen LogP contribution in [-0.4, -0.2) is 36.1 Å². The van der Waals surface area contributed by atoms with E-state index in [-0.39, 0.29) is 24.6 Å². The second kappa shape index (κ2) is 8.38. The zero-order chi connectivity index (χ0) is 18.4. The minimum Gasteiger partial charge on any atom is -0.387 e. The number of anilines is 1. The number of halogens is 2. The highest BCUT2D eigenvalue weighted by Gasteiger charge is 2.17. The summed E-state index contributed by atoms with van der Waals surface area (Å²) >= 11 is 0. The average molecular weight is 344 g/mol. The van der Waals surface area contributed by atoms with Gasteiger partial charge in [0, 0.05) is 23.4 Å². The number of rotatable bonds is 6. The van der Waals surface area contributed by atoms with E-state index < -0.39 is 17.7 Å². The molecule has 25 heavy (non-hydrogen) atoms. The highest BCUT2D eigenvalue weighted by Crippen LogP contribution is 2.19. The van der Waals surface area contributed by atoms with Gasteiger partial charge >= 0.3 is 0 Å². The van der Waals surface area contributed by atoms with Gasteiger partial charge < -0.3 is 10.4 Å². The number of terminal acetylenes is 1. The molecule has 0 heterocycles. The average Bonchev–Trinajstić information content (AvgIpc) is 2.56. The Balaban J connectivity index is 1.92. The molecule has 6 heteroatoms. The smallest absolute Gasteiger partial charge is 0.238 e. The second-order valence-electron chi connectivity index (χ2n) is 5.65. The number of nitrogens with one attached hydrogen (secondary N) is 1. The molecule has 0 aliphatic carbocycles. The zero-order valence-corrected chi connectivity index (χ0v) is 13.7. The highest BCUT2D eigenvalue weighted by molar-refractivity contribution is 5.92. The molecule has 0 aromatic heterocycles. The molecule has 4 nitrogen and oxygen atoms in total. The molecule has 0 spiro atoms. The van der Waals surface area contributed by atoms with Crippen LogP contribution in [0.4, 0.5) is 14.5 Å². The summed E-state index contributed by atoms with van der Waals surface area (Å²) in [5, 5.41) is 12.8. The van der Waals surface area contributed by atoms with Crippen molar-refractivity contribution in [2.45, 2.75) is 6.10 Å². The Bertz CT molecular complexity index is 802. The van der Waals surface area contributed by atoms with Crippen LogP contribution in [0.3, 0.4) is 0 Å². The van der Waals surface area contributed by atoms with Gasteiger partial charge in [-0.05, 0) is 43.4 Å². The number of aliphatic hydroxyl groups is 1. The van der Waals surface area contributed by atoms with Crippen LogP contribution in [0.15, 0.2) is 42.5 Å². The van der Waals surface area contributed by atoms with Gasteiger partial charge in [0.05, 0.1) is 12.6 Å². The van der Waals surface area contributed by atoms with Crippen molar-refractivity contribution < 1.29 is 18.7 Å². The van der Waals surface area contributed by atoms with Crippen molar-refractivity contribution in [1.29, 1.82) is 0 Å². The van der Waals surface area contributed by atoms with Gasteiger partial charge in [0.15, 0.2) is 0 Å². The molecule has 0 bridgehead atoms. The molecule has 2 aromatic rings. The van der Waals surface area contributed by atoms with Gasteiger partial charge in [-0.2, -0.15) is 0 Å². The summed E-state index contributed by atoms with van der Waals surface area (Å²) in [5.74, 6) is 0.827.